The SMILES string of the molecule is Cl.O=C(O)C(c1ccc(F)cc1F)N1CCOCC1. The molecule has 1 heterocycles. The van der Waals surface area contributed by atoms with Crippen molar-refractivity contribution >= 4 is 18.4 Å². The van der Waals surface area contributed by atoms with Crippen LogP contribution in [0.3, 0.4) is 0 Å². The van der Waals surface area contributed by atoms with Crippen LogP contribution >= 0.6 is 12.4 Å². The lowest BCUT2D eigenvalue weighted by atomic mass is 10.0. The monoisotopic (exact) mass is 293 g/mol. The maximum absolute atomic E-state index is 13.7. The molecule has 0 saturated carbocycles. The Kier molecular flexibility index (Phi) is 5.65. The predicted molar refractivity (Wildman–Crippen MR) is 66.4 cm³/mol. The fraction of sp³-hybridized carbons (Fsp3) is 0.417. The average molecular weight is 294 g/mol. The molecule has 0 radical (unpaired) electrons. The van der Waals surface area contributed by atoms with Gasteiger partial charge in [-0.05, 0) is 6.07 Å². The maximum Gasteiger partial charge on any atom is 0.325 e. The second-order valence-electron chi connectivity index (χ2n) is 4.05. The lowest BCUT2D eigenvalue weighted by Crippen LogP contribution is -2.42. The Hall–Kier alpha value is -1.24. The molecule has 2 rings (SSSR count). The van der Waals surface area contributed by atoms with E-state index in [2.05, 4.69) is 0 Å². The van der Waals surface area contributed by atoms with E-state index in [1.807, 2.05) is 0 Å². The normalized spacial score (nSPS) is 17.6. The average Bonchev–Trinajstić information content (AvgIpc) is 2.33. The van der Waals surface area contributed by atoms with Crippen molar-refractivity contribution in [3.63, 3.8) is 0 Å². The number of nitrogens with zero attached hydrogens (tertiary/aromatic N) is 1. The first-order valence-corrected chi connectivity index (χ1v) is 5.59. The Labute approximate surface area is 115 Å². The van der Waals surface area contributed by atoms with E-state index in [9.17, 15) is 18.7 Å². The lowest BCUT2D eigenvalue weighted by Gasteiger charge is -2.32. The molecule has 19 heavy (non-hydrogen) atoms. The summed E-state index contributed by atoms with van der Waals surface area (Å²) in [6, 6.07) is 1.84. The van der Waals surface area contributed by atoms with Gasteiger partial charge in [-0.15, -0.1) is 12.4 Å². The van der Waals surface area contributed by atoms with Gasteiger partial charge >= 0.3 is 5.97 Å². The Morgan fingerprint density at radius 2 is 1.95 bits per heavy atom. The minimum atomic E-state index is -1.15. The standard InChI is InChI=1S/C12H13F2NO3.ClH/c13-8-1-2-9(10(14)7-8)11(12(16)17)15-3-5-18-6-4-15;/h1-2,7,11H,3-6H2,(H,16,17);1H. The molecule has 0 aromatic heterocycles. The van der Waals surface area contributed by atoms with Crippen molar-refractivity contribution in [2.24, 2.45) is 0 Å². The van der Waals surface area contributed by atoms with E-state index in [0.717, 1.165) is 6.07 Å². The minimum absolute atomic E-state index is 0. The van der Waals surface area contributed by atoms with Crippen LogP contribution in [0, 0.1) is 11.6 Å². The summed E-state index contributed by atoms with van der Waals surface area (Å²) in [5.74, 6) is -2.71. The molecule has 106 valence electrons. The highest BCUT2D eigenvalue weighted by Gasteiger charge is 2.30. The third-order valence-electron chi connectivity index (χ3n) is 2.90. The first-order valence-electron chi connectivity index (χ1n) is 5.59. The fourth-order valence-electron chi connectivity index (χ4n) is 2.04. The molecule has 1 aromatic rings. The third-order valence-corrected chi connectivity index (χ3v) is 2.90. The van der Waals surface area contributed by atoms with Gasteiger partial charge in [0.15, 0.2) is 0 Å². The van der Waals surface area contributed by atoms with Crippen molar-refractivity contribution in [2.75, 3.05) is 26.3 Å². The molecule has 1 unspecified atom stereocenters. The van der Waals surface area contributed by atoms with Gasteiger partial charge in [0, 0.05) is 24.7 Å². The summed E-state index contributed by atoms with van der Waals surface area (Å²) in [5.41, 5.74) is -0.0224. The van der Waals surface area contributed by atoms with Gasteiger partial charge in [0.1, 0.15) is 17.7 Å². The molecule has 0 bridgehead atoms. The molecule has 0 spiro atoms. The first kappa shape index (κ1) is 15.8. The zero-order valence-electron chi connectivity index (χ0n) is 10.0. The molecule has 1 saturated heterocycles. The summed E-state index contributed by atoms with van der Waals surface area (Å²) in [6.45, 7) is 1.64. The first-order chi connectivity index (χ1) is 8.59. The topological polar surface area (TPSA) is 49.8 Å². The van der Waals surface area contributed by atoms with Crippen LogP contribution in [0.2, 0.25) is 0 Å². The summed E-state index contributed by atoms with van der Waals surface area (Å²) >= 11 is 0. The molecule has 1 aromatic carbocycles. The Balaban J connectivity index is 0.00000180. The van der Waals surface area contributed by atoms with Crippen molar-refractivity contribution in [1.29, 1.82) is 0 Å². The van der Waals surface area contributed by atoms with Crippen molar-refractivity contribution in [1.82, 2.24) is 4.90 Å². The van der Waals surface area contributed by atoms with Crippen molar-refractivity contribution in [2.45, 2.75) is 6.04 Å². The molecule has 7 heteroatoms. The van der Waals surface area contributed by atoms with Crippen LogP contribution in [0.15, 0.2) is 18.2 Å². The molecule has 1 fully saturated rings. The quantitative estimate of drug-likeness (QED) is 0.924. The van der Waals surface area contributed by atoms with Gasteiger partial charge in [0.2, 0.25) is 0 Å². The third kappa shape index (κ3) is 3.62. The molecule has 4 nitrogen and oxygen atoms in total. The summed E-state index contributed by atoms with van der Waals surface area (Å²) in [6.07, 6.45) is 0. The van der Waals surface area contributed by atoms with Crippen LogP contribution in [-0.2, 0) is 9.53 Å². The van der Waals surface area contributed by atoms with Crippen LogP contribution in [0.1, 0.15) is 11.6 Å². The summed E-state index contributed by atoms with van der Waals surface area (Å²) in [5, 5.41) is 9.23. The van der Waals surface area contributed by atoms with Crippen LogP contribution in [-0.4, -0.2) is 42.3 Å². The van der Waals surface area contributed by atoms with Crippen LogP contribution in [0.4, 0.5) is 8.78 Å². The van der Waals surface area contributed by atoms with Crippen LogP contribution < -0.4 is 0 Å². The smallest absolute Gasteiger partial charge is 0.325 e. The summed E-state index contributed by atoms with van der Waals surface area (Å²) in [7, 11) is 0. The molecule has 1 aliphatic rings. The maximum atomic E-state index is 13.7. The number of carboxylic acid groups (broad SMARTS) is 1. The van der Waals surface area contributed by atoms with Gasteiger partial charge in [0.05, 0.1) is 13.2 Å². The predicted octanol–water partition coefficient (Wildman–Crippen LogP) is 1.84. The van der Waals surface area contributed by atoms with E-state index in [4.69, 9.17) is 4.74 Å². The van der Waals surface area contributed by atoms with E-state index in [1.54, 1.807) is 4.90 Å². The van der Waals surface area contributed by atoms with E-state index >= 15 is 0 Å². The molecule has 0 amide bonds. The number of carboxylic acids is 1. The zero-order chi connectivity index (χ0) is 13.1. The van der Waals surface area contributed by atoms with Gasteiger partial charge < -0.3 is 9.84 Å². The Morgan fingerprint density at radius 3 is 2.47 bits per heavy atom. The molecule has 1 N–H and O–H groups in total. The largest absolute Gasteiger partial charge is 0.480 e. The number of benzene rings is 1. The van der Waals surface area contributed by atoms with Gasteiger partial charge in [-0.25, -0.2) is 8.78 Å². The van der Waals surface area contributed by atoms with Crippen LogP contribution in [0.25, 0.3) is 0 Å². The van der Waals surface area contributed by atoms with E-state index in [0.29, 0.717) is 32.4 Å². The highest BCUT2D eigenvalue weighted by Crippen LogP contribution is 2.25. The van der Waals surface area contributed by atoms with E-state index in [1.165, 1.54) is 6.07 Å². The molecular formula is C12H14ClF2NO3. The minimum Gasteiger partial charge on any atom is -0.480 e. The van der Waals surface area contributed by atoms with E-state index < -0.39 is 23.6 Å². The number of carbonyl (C=O) groups is 1. The highest BCUT2D eigenvalue weighted by molar-refractivity contribution is 5.85. The molecular weight excluding hydrogens is 280 g/mol. The number of morpholine rings is 1. The number of rotatable bonds is 3. The molecule has 1 aliphatic heterocycles. The van der Waals surface area contributed by atoms with Crippen molar-refractivity contribution in [3.05, 3.63) is 35.4 Å². The number of ether oxygens (including phenoxy) is 1. The number of hydrogen-bond acceptors (Lipinski definition) is 3. The Bertz CT molecular complexity index is 453. The summed E-state index contributed by atoms with van der Waals surface area (Å²) < 4.78 is 31.6. The number of halogens is 3. The molecule has 1 atom stereocenters. The highest BCUT2D eigenvalue weighted by atomic mass is 35.5. The number of hydrogen-bond donors (Lipinski definition) is 1. The lowest BCUT2D eigenvalue weighted by molar-refractivity contribution is -0.145. The molecule has 0 aliphatic carbocycles. The van der Waals surface area contributed by atoms with Gasteiger partial charge in [-0.1, -0.05) is 6.07 Å². The van der Waals surface area contributed by atoms with Gasteiger partial charge in [0.25, 0.3) is 0 Å². The second-order valence-corrected chi connectivity index (χ2v) is 4.05. The van der Waals surface area contributed by atoms with Gasteiger partial charge in [-0.3, -0.25) is 9.69 Å². The number of aliphatic carboxylic acids is 1. The second kappa shape index (κ2) is 6.79. The summed E-state index contributed by atoms with van der Waals surface area (Å²) in [4.78, 5) is 12.9. The Morgan fingerprint density at radius 1 is 1.32 bits per heavy atom. The van der Waals surface area contributed by atoms with Gasteiger partial charge in [-0.2, -0.15) is 0 Å². The van der Waals surface area contributed by atoms with Crippen molar-refractivity contribution < 1.29 is 23.4 Å². The fourth-order valence-corrected chi connectivity index (χ4v) is 2.04. The van der Waals surface area contributed by atoms with Crippen LogP contribution in [0.5, 0.6) is 0 Å². The van der Waals surface area contributed by atoms with Crippen molar-refractivity contribution in [3.8, 4) is 0 Å². The zero-order valence-corrected chi connectivity index (χ0v) is 10.8. The van der Waals surface area contributed by atoms with E-state index in [-0.39, 0.29) is 18.0 Å².